The molecule has 3 rings (SSSR count). The van der Waals surface area contributed by atoms with Gasteiger partial charge in [0.25, 0.3) is 11.8 Å². The topological polar surface area (TPSA) is 115 Å². The van der Waals surface area contributed by atoms with E-state index in [1.807, 2.05) is 0 Å². The van der Waals surface area contributed by atoms with Crippen LogP contribution in [0.1, 0.15) is 29.5 Å². The molecule has 0 aliphatic heterocycles. The molecule has 2 amide bonds. The number of furan rings is 1. The molecule has 0 aliphatic rings. The molecule has 1 heterocycles. The highest BCUT2D eigenvalue weighted by Gasteiger charge is 2.16. The van der Waals surface area contributed by atoms with Crippen molar-refractivity contribution in [3.05, 3.63) is 90.0 Å². The van der Waals surface area contributed by atoms with E-state index in [4.69, 9.17) is 9.15 Å². The lowest BCUT2D eigenvalue weighted by molar-refractivity contribution is -0.145. The monoisotopic (exact) mass is 492 g/mol. The Balaban J connectivity index is 1.67. The maximum absolute atomic E-state index is 13.0. The second-order valence-corrected chi connectivity index (χ2v) is 8.23. The number of ether oxygens (including phenoxy) is 1. The fourth-order valence-electron chi connectivity index (χ4n) is 2.91. The van der Waals surface area contributed by atoms with Crippen LogP contribution in [0.4, 0.5) is 5.69 Å². The summed E-state index contributed by atoms with van der Waals surface area (Å²) >= 11 is 1.24. The van der Waals surface area contributed by atoms with Crippen LogP contribution < -0.4 is 10.6 Å². The number of anilines is 1. The van der Waals surface area contributed by atoms with Crippen molar-refractivity contribution in [3.8, 4) is 0 Å². The van der Waals surface area contributed by atoms with E-state index in [-0.39, 0.29) is 30.3 Å². The lowest BCUT2D eigenvalue weighted by Crippen LogP contribution is -2.30. The van der Waals surface area contributed by atoms with E-state index >= 15 is 0 Å². The molecule has 0 aliphatic carbocycles. The Morgan fingerprint density at radius 2 is 1.80 bits per heavy atom. The Morgan fingerprint density at radius 3 is 2.51 bits per heavy atom. The number of Topliss-reactive ketones (excluding diaryl/α,β-unsaturated/α-hetero) is 1. The van der Waals surface area contributed by atoms with Crippen molar-refractivity contribution in [2.75, 3.05) is 17.7 Å². The zero-order valence-electron chi connectivity index (χ0n) is 19.0. The van der Waals surface area contributed by atoms with E-state index < -0.39 is 17.8 Å². The van der Waals surface area contributed by atoms with Crippen molar-refractivity contribution in [3.63, 3.8) is 0 Å². The molecule has 0 radical (unpaired) electrons. The van der Waals surface area contributed by atoms with Crippen molar-refractivity contribution in [2.45, 2.75) is 18.2 Å². The maximum atomic E-state index is 13.0. The lowest BCUT2D eigenvalue weighted by atomic mass is 10.2. The SMILES string of the molecule is CCOC(=O)CC(=O)CSc1cccc(NC(=O)/C(=C\c2ccco2)NC(=O)c2ccccc2)c1. The van der Waals surface area contributed by atoms with Gasteiger partial charge in [-0.05, 0) is 49.4 Å². The van der Waals surface area contributed by atoms with Crippen molar-refractivity contribution < 1.29 is 28.3 Å². The van der Waals surface area contributed by atoms with Crippen LogP contribution in [0.3, 0.4) is 0 Å². The lowest BCUT2D eigenvalue weighted by Gasteiger charge is -2.11. The molecule has 0 fully saturated rings. The molecule has 0 saturated carbocycles. The molecule has 1 aromatic heterocycles. The first kappa shape index (κ1) is 25.5. The van der Waals surface area contributed by atoms with Gasteiger partial charge in [0.2, 0.25) is 0 Å². The molecular formula is C26H24N2O6S. The first-order chi connectivity index (χ1) is 16.9. The van der Waals surface area contributed by atoms with E-state index in [1.54, 1.807) is 73.7 Å². The number of benzene rings is 2. The van der Waals surface area contributed by atoms with Gasteiger partial charge >= 0.3 is 5.97 Å². The minimum Gasteiger partial charge on any atom is -0.466 e. The van der Waals surface area contributed by atoms with E-state index in [1.165, 1.54) is 24.1 Å². The second-order valence-electron chi connectivity index (χ2n) is 7.18. The van der Waals surface area contributed by atoms with Crippen LogP contribution in [0.25, 0.3) is 6.08 Å². The molecule has 180 valence electrons. The van der Waals surface area contributed by atoms with Crippen molar-refractivity contribution >= 4 is 47.1 Å². The summed E-state index contributed by atoms with van der Waals surface area (Å²) in [5.74, 6) is -1.31. The normalized spacial score (nSPS) is 10.9. The summed E-state index contributed by atoms with van der Waals surface area (Å²) in [5, 5.41) is 5.38. The van der Waals surface area contributed by atoms with Crippen LogP contribution in [0, 0.1) is 0 Å². The Morgan fingerprint density at radius 1 is 1.00 bits per heavy atom. The number of esters is 1. The van der Waals surface area contributed by atoms with Crippen LogP contribution in [0.15, 0.2) is 88.0 Å². The van der Waals surface area contributed by atoms with Gasteiger partial charge in [0.15, 0.2) is 5.78 Å². The van der Waals surface area contributed by atoms with Gasteiger partial charge in [0.1, 0.15) is 17.9 Å². The number of rotatable bonds is 11. The number of thioether (sulfide) groups is 1. The number of carbonyl (C=O) groups is 4. The summed E-state index contributed by atoms with van der Waals surface area (Å²) in [6, 6.07) is 18.8. The maximum Gasteiger partial charge on any atom is 0.313 e. The molecule has 9 heteroatoms. The van der Waals surface area contributed by atoms with Crippen LogP contribution >= 0.6 is 11.8 Å². The summed E-state index contributed by atoms with van der Waals surface area (Å²) in [7, 11) is 0. The fourth-order valence-corrected chi connectivity index (χ4v) is 3.72. The largest absolute Gasteiger partial charge is 0.466 e. The minimum absolute atomic E-state index is 0.00327. The van der Waals surface area contributed by atoms with Gasteiger partial charge in [-0.15, -0.1) is 11.8 Å². The molecule has 0 bridgehead atoms. The summed E-state index contributed by atoms with van der Waals surface area (Å²) < 4.78 is 10.1. The first-order valence-electron chi connectivity index (χ1n) is 10.8. The highest BCUT2D eigenvalue weighted by Crippen LogP contribution is 2.22. The molecule has 8 nitrogen and oxygen atoms in total. The molecule has 0 spiro atoms. The third kappa shape index (κ3) is 8.31. The van der Waals surface area contributed by atoms with E-state index in [9.17, 15) is 19.2 Å². The Bertz CT molecular complexity index is 1210. The van der Waals surface area contributed by atoms with Crippen LogP contribution in [0.2, 0.25) is 0 Å². The molecule has 0 unspecified atom stereocenters. The summed E-state index contributed by atoms with van der Waals surface area (Å²) in [4.78, 5) is 49.8. The Labute approximate surface area is 206 Å². The zero-order chi connectivity index (χ0) is 25.0. The molecule has 0 atom stereocenters. The third-order valence-corrected chi connectivity index (χ3v) is 5.55. The smallest absolute Gasteiger partial charge is 0.313 e. The molecule has 0 saturated heterocycles. The van der Waals surface area contributed by atoms with Crippen molar-refractivity contribution in [2.24, 2.45) is 0 Å². The molecule has 2 N–H and O–H groups in total. The van der Waals surface area contributed by atoms with E-state index in [0.29, 0.717) is 17.0 Å². The van der Waals surface area contributed by atoms with Gasteiger partial charge in [-0.1, -0.05) is 24.3 Å². The van der Waals surface area contributed by atoms with Gasteiger partial charge in [0, 0.05) is 22.2 Å². The standard InChI is InChI=1S/C26H24N2O6S/c1-2-33-24(30)15-20(29)17-35-22-12-6-10-19(14-22)27-26(32)23(16-21-11-7-13-34-21)28-25(31)18-8-4-3-5-9-18/h3-14,16H,2,15,17H2,1H3,(H,27,32)(H,28,31)/b23-16+. The van der Waals surface area contributed by atoms with Gasteiger partial charge in [-0.2, -0.15) is 0 Å². The molecule has 35 heavy (non-hydrogen) atoms. The summed E-state index contributed by atoms with van der Waals surface area (Å²) in [5.41, 5.74) is 0.866. The average Bonchev–Trinajstić information content (AvgIpc) is 3.36. The van der Waals surface area contributed by atoms with Gasteiger partial charge < -0.3 is 19.8 Å². The highest BCUT2D eigenvalue weighted by atomic mass is 32.2. The molecular weight excluding hydrogens is 468 g/mol. The van der Waals surface area contributed by atoms with Crippen LogP contribution in [-0.4, -0.2) is 35.9 Å². The zero-order valence-corrected chi connectivity index (χ0v) is 19.8. The second kappa shape index (κ2) is 13.0. The van der Waals surface area contributed by atoms with Gasteiger partial charge in [-0.3, -0.25) is 19.2 Å². The highest BCUT2D eigenvalue weighted by molar-refractivity contribution is 8.00. The molecule has 3 aromatic rings. The average molecular weight is 493 g/mol. The first-order valence-corrected chi connectivity index (χ1v) is 11.8. The third-order valence-electron chi connectivity index (χ3n) is 4.50. The molecule has 2 aromatic carbocycles. The number of nitrogens with one attached hydrogen (secondary N) is 2. The van der Waals surface area contributed by atoms with E-state index in [0.717, 1.165) is 4.90 Å². The van der Waals surface area contributed by atoms with Gasteiger partial charge in [0.05, 0.1) is 18.6 Å². The Kier molecular flexibility index (Phi) is 9.44. The number of carbonyl (C=O) groups excluding carboxylic acids is 4. The number of ketones is 1. The number of hydrogen-bond acceptors (Lipinski definition) is 7. The summed E-state index contributed by atoms with van der Waals surface area (Å²) in [6.07, 6.45) is 2.62. The predicted molar refractivity (Wildman–Crippen MR) is 133 cm³/mol. The quantitative estimate of drug-likeness (QED) is 0.177. The summed E-state index contributed by atoms with van der Waals surface area (Å²) in [6.45, 7) is 1.91. The number of amides is 2. The van der Waals surface area contributed by atoms with E-state index in [2.05, 4.69) is 10.6 Å². The minimum atomic E-state index is -0.550. The van der Waals surface area contributed by atoms with Crippen LogP contribution in [-0.2, 0) is 19.1 Å². The van der Waals surface area contributed by atoms with Crippen LogP contribution in [0.5, 0.6) is 0 Å². The Hall–Kier alpha value is -4.11. The van der Waals surface area contributed by atoms with Gasteiger partial charge in [-0.25, -0.2) is 0 Å². The van der Waals surface area contributed by atoms with Crippen molar-refractivity contribution in [1.29, 1.82) is 0 Å². The van der Waals surface area contributed by atoms with Crippen molar-refractivity contribution in [1.82, 2.24) is 5.32 Å². The predicted octanol–water partition coefficient (Wildman–Crippen LogP) is 4.30. The number of hydrogen-bond donors (Lipinski definition) is 2. The fraction of sp³-hybridized carbons (Fsp3) is 0.154.